The lowest BCUT2D eigenvalue weighted by Gasteiger charge is -2.51. The summed E-state index contributed by atoms with van der Waals surface area (Å²) in [6.45, 7) is 13.1. The maximum Gasteiger partial charge on any atom is 0.308 e. The van der Waals surface area contributed by atoms with E-state index < -0.39 is 48.5 Å². The third-order valence-electron chi connectivity index (χ3n) is 14.8. The van der Waals surface area contributed by atoms with E-state index in [0.717, 1.165) is 49.7 Å². The number of aliphatic hydroxyl groups is 2. The van der Waals surface area contributed by atoms with Gasteiger partial charge in [-0.2, -0.15) is 0 Å². The zero-order chi connectivity index (χ0) is 37.7. The molecule has 16 unspecified atom stereocenters. The van der Waals surface area contributed by atoms with Crippen molar-refractivity contribution in [3.8, 4) is 0 Å². The van der Waals surface area contributed by atoms with Crippen molar-refractivity contribution in [1.29, 1.82) is 0 Å². The van der Waals surface area contributed by atoms with Crippen LogP contribution in [0.1, 0.15) is 97.3 Å². The van der Waals surface area contributed by atoms with Crippen LogP contribution in [0.5, 0.6) is 0 Å². The number of carbonyl (C=O) groups is 1. The normalized spacial score (nSPS) is 54.9. The summed E-state index contributed by atoms with van der Waals surface area (Å²) in [6, 6.07) is 0. The van der Waals surface area contributed by atoms with Crippen LogP contribution in [-0.4, -0.2) is 138 Å². The average molecular weight is 773 g/mol. The first-order valence-corrected chi connectivity index (χ1v) is 21.3. The molecule has 306 valence electrons. The van der Waals surface area contributed by atoms with Gasteiger partial charge in [-0.25, -0.2) is 0 Å². The lowest BCUT2D eigenvalue weighted by Crippen LogP contribution is -2.62. The van der Waals surface area contributed by atoms with Crippen LogP contribution in [0.15, 0.2) is 24.3 Å². The Hall–Kier alpha value is -1.49. The van der Waals surface area contributed by atoms with E-state index >= 15 is 0 Å². The summed E-state index contributed by atoms with van der Waals surface area (Å²) in [6.07, 6.45) is 2.38. The Balaban J connectivity index is 0.934. The molecule has 11 aliphatic rings. The Bertz CT molecular complexity index is 1490. The second-order valence-electron chi connectivity index (χ2n) is 18.5. The molecule has 11 fully saturated rings. The molecule has 0 aliphatic carbocycles. The summed E-state index contributed by atoms with van der Waals surface area (Å²) in [5, 5.41) is 20.6. The van der Waals surface area contributed by atoms with Gasteiger partial charge >= 0.3 is 5.97 Å². The molecule has 11 rings (SSSR count). The fourth-order valence-corrected chi connectivity index (χ4v) is 11.9. The van der Waals surface area contributed by atoms with Gasteiger partial charge in [-0.1, -0.05) is 27.0 Å². The number of hydrogen-bond acceptors (Lipinski definition) is 13. The molecule has 12 bridgehead atoms. The fraction of sp³-hybridized carbons (Fsp3) is 0.881. The van der Waals surface area contributed by atoms with Crippen molar-refractivity contribution in [2.45, 2.75) is 213 Å². The molecule has 13 nitrogen and oxygen atoms in total. The Morgan fingerprint density at radius 2 is 1.42 bits per heavy atom. The Morgan fingerprint density at radius 1 is 0.673 bits per heavy atom. The summed E-state index contributed by atoms with van der Waals surface area (Å²) >= 11 is 0. The molecule has 0 radical (unpaired) electrons. The molecule has 11 saturated heterocycles. The van der Waals surface area contributed by atoms with Gasteiger partial charge < -0.3 is 57.6 Å². The van der Waals surface area contributed by atoms with Crippen LogP contribution in [0.4, 0.5) is 0 Å². The number of carbonyl (C=O) groups excluding carboxylic acids is 1. The molecule has 0 aromatic rings. The summed E-state index contributed by atoms with van der Waals surface area (Å²) < 4.78 is 66.9. The number of aliphatic hydroxyl groups excluding tert-OH is 2. The maximum absolute atomic E-state index is 14.0. The molecule has 0 aromatic heterocycles. The van der Waals surface area contributed by atoms with Crippen molar-refractivity contribution in [2.75, 3.05) is 6.61 Å². The highest BCUT2D eigenvalue weighted by atomic mass is 16.8. The Labute approximate surface area is 323 Å². The molecule has 0 aromatic carbocycles. The second kappa shape index (κ2) is 14.7. The van der Waals surface area contributed by atoms with E-state index in [1.54, 1.807) is 0 Å². The van der Waals surface area contributed by atoms with Gasteiger partial charge in [0.2, 0.25) is 0 Å². The van der Waals surface area contributed by atoms with Crippen molar-refractivity contribution in [1.82, 2.24) is 0 Å². The van der Waals surface area contributed by atoms with Crippen molar-refractivity contribution in [2.24, 2.45) is 11.8 Å². The molecule has 13 heteroatoms. The third-order valence-corrected chi connectivity index (χ3v) is 14.8. The quantitative estimate of drug-likeness (QED) is 0.312. The van der Waals surface area contributed by atoms with Crippen LogP contribution < -0.4 is 0 Å². The maximum atomic E-state index is 14.0. The minimum absolute atomic E-state index is 0.00281. The van der Waals surface area contributed by atoms with Gasteiger partial charge in [0.15, 0.2) is 5.79 Å². The van der Waals surface area contributed by atoms with Crippen LogP contribution in [0.2, 0.25) is 0 Å². The molecule has 1 spiro atoms. The minimum atomic E-state index is -0.808. The zero-order valence-corrected chi connectivity index (χ0v) is 32.2. The van der Waals surface area contributed by atoms with E-state index in [1.807, 2.05) is 6.92 Å². The number of esters is 1. The van der Waals surface area contributed by atoms with E-state index in [-0.39, 0.29) is 98.0 Å². The van der Waals surface area contributed by atoms with Gasteiger partial charge in [-0.05, 0) is 68.4 Å². The highest BCUT2D eigenvalue weighted by molar-refractivity contribution is 5.70. The lowest BCUT2D eigenvalue weighted by molar-refractivity contribution is -0.293. The SMILES string of the molecule is C=C1CC2CC[C@@]34CC5OC6C(O3)[C@H]3OC(CCC3O[C@H]6C5O4)CC(=O)OC3[C@@H](C)C4OC(CCO)C(O)CC4O[C@H]3CC3OC(CCC1O2)CC(C)C3=C. The summed E-state index contributed by atoms with van der Waals surface area (Å²) in [7, 11) is 0. The standard InChI is InChI=1S/C42H60O13/c1-19-13-23-5-7-27-20(2)14-25(46-27)9-11-42-18-33-38(54-42)39-40(52-33)41(55-42)37-29(51-39)8-6-24(48-37)15-34(45)53-36-22(4)35-31(16-26(44)28(50-35)10-12-43)49-32(36)17-30(47-23)21(19)3/h19,22-33,35-41,43-44H,2-3,5-18H2,1,4H3/t19?,22-,23?,24?,25?,26?,27?,28?,29?,30?,31?,32-,33?,35?,36?,37-,38?,39-,40?,41?,42-/m0/s1. The molecule has 0 amide bonds. The van der Waals surface area contributed by atoms with Gasteiger partial charge in [0.1, 0.15) is 36.6 Å². The molecular formula is C42H60O13. The average Bonchev–Trinajstić information content (AvgIpc) is 3.74. The predicted molar refractivity (Wildman–Crippen MR) is 193 cm³/mol. The molecule has 2 N–H and O–H groups in total. The first-order chi connectivity index (χ1) is 26.5. The topological polar surface area (TPSA) is 150 Å². The summed E-state index contributed by atoms with van der Waals surface area (Å²) in [5.74, 6) is -1.18. The van der Waals surface area contributed by atoms with Crippen LogP contribution in [0, 0.1) is 11.8 Å². The Kier molecular flexibility index (Phi) is 10.1. The highest BCUT2D eigenvalue weighted by Gasteiger charge is 2.69. The van der Waals surface area contributed by atoms with Crippen LogP contribution in [0.25, 0.3) is 0 Å². The van der Waals surface area contributed by atoms with Crippen LogP contribution >= 0.6 is 0 Å². The predicted octanol–water partition coefficient (Wildman–Crippen LogP) is 3.59. The fourth-order valence-electron chi connectivity index (χ4n) is 11.9. The molecular weight excluding hydrogens is 712 g/mol. The smallest absolute Gasteiger partial charge is 0.308 e. The highest BCUT2D eigenvalue weighted by Crippen LogP contribution is 2.54. The van der Waals surface area contributed by atoms with Gasteiger partial charge in [-0.3, -0.25) is 4.79 Å². The van der Waals surface area contributed by atoms with Gasteiger partial charge in [0.05, 0.1) is 79.7 Å². The van der Waals surface area contributed by atoms with Crippen LogP contribution in [-0.2, 0) is 52.2 Å². The number of fused-ring (bicyclic) bond motifs is 7. The van der Waals surface area contributed by atoms with Gasteiger partial charge in [0.25, 0.3) is 0 Å². The van der Waals surface area contributed by atoms with Crippen LogP contribution in [0.3, 0.4) is 0 Å². The minimum Gasteiger partial charge on any atom is -0.459 e. The van der Waals surface area contributed by atoms with Crippen molar-refractivity contribution < 1.29 is 62.4 Å². The van der Waals surface area contributed by atoms with E-state index in [4.69, 9.17) is 47.4 Å². The van der Waals surface area contributed by atoms with E-state index in [2.05, 4.69) is 20.1 Å². The molecule has 55 heavy (non-hydrogen) atoms. The molecule has 11 heterocycles. The number of rotatable bonds is 2. The number of ether oxygens (including phenoxy) is 10. The third kappa shape index (κ3) is 6.79. The first-order valence-electron chi connectivity index (χ1n) is 21.3. The van der Waals surface area contributed by atoms with Gasteiger partial charge in [0, 0.05) is 38.2 Å². The van der Waals surface area contributed by atoms with Crippen molar-refractivity contribution >= 4 is 5.97 Å². The molecule has 0 saturated carbocycles. The summed E-state index contributed by atoms with van der Waals surface area (Å²) in [4.78, 5) is 14.0. The Morgan fingerprint density at radius 3 is 2.27 bits per heavy atom. The van der Waals surface area contributed by atoms with E-state index in [1.165, 1.54) is 0 Å². The number of hydrogen-bond donors (Lipinski definition) is 2. The largest absolute Gasteiger partial charge is 0.459 e. The second-order valence-corrected chi connectivity index (χ2v) is 18.5. The summed E-state index contributed by atoms with van der Waals surface area (Å²) in [5.41, 5.74) is 2.14. The lowest BCUT2D eigenvalue weighted by atomic mass is 9.79. The van der Waals surface area contributed by atoms with Crippen molar-refractivity contribution in [3.05, 3.63) is 24.3 Å². The monoisotopic (exact) mass is 772 g/mol. The first kappa shape index (κ1) is 37.8. The molecule has 11 aliphatic heterocycles. The van der Waals surface area contributed by atoms with Crippen molar-refractivity contribution in [3.63, 3.8) is 0 Å². The van der Waals surface area contributed by atoms with E-state index in [9.17, 15) is 15.0 Å². The van der Waals surface area contributed by atoms with E-state index in [0.29, 0.717) is 38.5 Å². The molecule has 21 atom stereocenters. The zero-order valence-electron chi connectivity index (χ0n) is 32.2. The van der Waals surface area contributed by atoms with Gasteiger partial charge in [-0.15, -0.1) is 0 Å².